The molecule has 1 saturated heterocycles. The molecule has 2 aromatic heterocycles. The maximum atomic E-state index is 13.5. The molecule has 2 amide bonds. The molecular weight excluding hydrogens is 664 g/mol. The van der Waals surface area contributed by atoms with Crippen molar-refractivity contribution in [2.75, 3.05) is 38.1 Å². The molecule has 0 atom stereocenters. The van der Waals surface area contributed by atoms with Gasteiger partial charge in [-0.2, -0.15) is 26.3 Å². The summed E-state index contributed by atoms with van der Waals surface area (Å²) < 4.78 is 85.0. The Kier molecular flexibility index (Phi) is 9.31. The average molecular weight is 696 g/mol. The van der Waals surface area contributed by atoms with Gasteiger partial charge in [0.25, 0.3) is 11.8 Å². The Balaban J connectivity index is 1.06. The number of pyridine rings is 1. The highest BCUT2D eigenvalue weighted by Gasteiger charge is 2.31. The number of halogens is 6. The van der Waals surface area contributed by atoms with E-state index in [4.69, 9.17) is 4.74 Å². The predicted molar refractivity (Wildman–Crippen MR) is 174 cm³/mol. The minimum absolute atomic E-state index is 0.0915. The van der Waals surface area contributed by atoms with Crippen LogP contribution >= 0.6 is 0 Å². The van der Waals surface area contributed by atoms with Crippen LogP contribution in [0.5, 0.6) is 11.6 Å². The third-order valence-electron chi connectivity index (χ3n) is 8.67. The maximum Gasteiger partial charge on any atom is 0.416 e. The molecule has 0 unspecified atom stereocenters. The van der Waals surface area contributed by atoms with Gasteiger partial charge in [-0.1, -0.05) is 12.1 Å². The van der Waals surface area contributed by atoms with Crippen molar-refractivity contribution in [1.82, 2.24) is 19.4 Å². The molecular formula is C36H31F6N5O3. The highest BCUT2D eigenvalue weighted by Crippen LogP contribution is 2.31. The minimum atomic E-state index is -4.50. The van der Waals surface area contributed by atoms with Gasteiger partial charge >= 0.3 is 12.4 Å². The summed E-state index contributed by atoms with van der Waals surface area (Å²) in [6, 6.07) is 19.4. The molecule has 0 aliphatic carbocycles. The van der Waals surface area contributed by atoms with E-state index >= 15 is 0 Å². The number of hydrogen-bond donors (Lipinski definition) is 0. The van der Waals surface area contributed by atoms with Crippen molar-refractivity contribution in [3.63, 3.8) is 0 Å². The lowest BCUT2D eigenvalue weighted by molar-refractivity contribution is -0.138. The zero-order chi connectivity index (χ0) is 35.8. The number of carbonyl (C=O) groups is 2. The van der Waals surface area contributed by atoms with Gasteiger partial charge in [-0.3, -0.25) is 14.5 Å². The molecule has 3 aromatic carbocycles. The average Bonchev–Trinajstić information content (AvgIpc) is 3.42. The van der Waals surface area contributed by atoms with E-state index in [1.807, 2.05) is 10.6 Å². The minimum Gasteiger partial charge on any atom is -0.439 e. The van der Waals surface area contributed by atoms with Crippen molar-refractivity contribution in [3.8, 4) is 11.6 Å². The lowest BCUT2D eigenvalue weighted by Crippen LogP contribution is -2.48. The van der Waals surface area contributed by atoms with E-state index < -0.39 is 29.4 Å². The molecule has 260 valence electrons. The third kappa shape index (κ3) is 7.44. The molecule has 14 heteroatoms. The van der Waals surface area contributed by atoms with Crippen LogP contribution in [0, 0.1) is 0 Å². The monoisotopic (exact) mass is 695 g/mol. The van der Waals surface area contributed by atoms with Crippen molar-refractivity contribution in [3.05, 3.63) is 119 Å². The van der Waals surface area contributed by atoms with E-state index in [1.54, 1.807) is 42.3 Å². The van der Waals surface area contributed by atoms with Crippen LogP contribution < -0.4 is 9.64 Å². The molecule has 8 nitrogen and oxygen atoms in total. The summed E-state index contributed by atoms with van der Waals surface area (Å²) in [5, 5.41) is 0.771. The zero-order valence-corrected chi connectivity index (χ0v) is 26.9. The second-order valence-corrected chi connectivity index (χ2v) is 12.0. The number of carbonyl (C=O) groups excluding carboxylic acids is 2. The van der Waals surface area contributed by atoms with Crippen LogP contribution in [0.25, 0.3) is 10.9 Å². The zero-order valence-electron chi connectivity index (χ0n) is 26.9. The number of piperazine rings is 1. The molecule has 6 rings (SSSR count). The van der Waals surface area contributed by atoms with Gasteiger partial charge in [0, 0.05) is 69.4 Å². The standard InChI is InChI=1S/C36H31F6N5O3/c1-44(33(48)24-5-9-27(10-6-24)36(40,41)42)28-11-14-32(43-21-28)50-29-12-13-30-25(19-29)20-31(45(30)2)34(49)47-17-15-46(16-18-47)22-23-3-7-26(8-4-23)35(37,38)39/h3-14,19-21H,15-18,22H2,1-2H3. The van der Waals surface area contributed by atoms with E-state index in [-0.39, 0.29) is 17.4 Å². The van der Waals surface area contributed by atoms with Crippen LogP contribution in [0.3, 0.4) is 0 Å². The topological polar surface area (TPSA) is 70.9 Å². The summed E-state index contributed by atoms with van der Waals surface area (Å²) >= 11 is 0. The van der Waals surface area contributed by atoms with Crippen molar-refractivity contribution in [2.24, 2.45) is 7.05 Å². The molecule has 0 radical (unpaired) electrons. The molecule has 1 fully saturated rings. The van der Waals surface area contributed by atoms with Crippen LogP contribution in [-0.4, -0.2) is 64.4 Å². The number of ether oxygens (including phenoxy) is 1. The van der Waals surface area contributed by atoms with Crippen molar-refractivity contribution >= 4 is 28.4 Å². The quantitative estimate of drug-likeness (QED) is 0.164. The van der Waals surface area contributed by atoms with Crippen LogP contribution in [0.15, 0.2) is 91.1 Å². The Labute approximate surface area is 283 Å². The maximum absolute atomic E-state index is 13.5. The SMILES string of the molecule is CN(C(=O)c1ccc(C(F)(F)F)cc1)c1ccc(Oc2ccc3c(c2)cc(C(=O)N2CCN(Cc4ccc(C(F)(F)F)cc4)CC2)n3C)nc1. The number of rotatable bonds is 7. The summed E-state index contributed by atoms with van der Waals surface area (Å²) in [6.45, 7) is 2.61. The van der Waals surface area contributed by atoms with Gasteiger partial charge in [-0.05, 0) is 72.3 Å². The molecule has 1 aliphatic rings. The number of fused-ring (bicyclic) bond motifs is 1. The van der Waals surface area contributed by atoms with Gasteiger partial charge in [-0.25, -0.2) is 4.98 Å². The predicted octanol–water partition coefficient (Wildman–Crippen LogP) is 7.64. The highest BCUT2D eigenvalue weighted by atomic mass is 19.4. The van der Waals surface area contributed by atoms with Gasteiger partial charge in [0.15, 0.2) is 0 Å². The summed E-state index contributed by atoms with van der Waals surface area (Å²) in [5.74, 6) is 0.0694. The second kappa shape index (κ2) is 13.5. The number of anilines is 1. The van der Waals surface area contributed by atoms with Crippen molar-refractivity contribution in [2.45, 2.75) is 18.9 Å². The number of aryl methyl sites for hydroxylation is 1. The normalized spacial score (nSPS) is 14.2. The van der Waals surface area contributed by atoms with E-state index in [1.165, 1.54) is 30.3 Å². The van der Waals surface area contributed by atoms with Gasteiger partial charge in [-0.15, -0.1) is 0 Å². The van der Waals surface area contributed by atoms with Gasteiger partial charge in [0.2, 0.25) is 5.88 Å². The summed E-state index contributed by atoms with van der Waals surface area (Å²) in [7, 11) is 3.29. The number of benzene rings is 3. The Hall–Kier alpha value is -5.37. The van der Waals surface area contributed by atoms with E-state index in [9.17, 15) is 35.9 Å². The number of hydrogen-bond acceptors (Lipinski definition) is 5. The number of alkyl halides is 6. The lowest BCUT2D eigenvalue weighted by atomic mass is 10.1. The van der Waals surface area contributed by atoms with Crippen molar-refractivity contribution < 1.29 is 40.7 Å². The first-order valence-electron chi connectivity index (χ1n) is 15.5. The number of amides is 2. The molecule has 50 heavy (non-hydrogen) atoms. The summed E-state index contributed by atoms with van der Waals surface area (Å²) in [6.07, 6.45) is -7.46. The molecule has 1 aliphatic heterocycles. The van der Waals surface area contributed by atoms with Crippen LogP contribution in [-0.2, 0) is 25.9 Å². The molecule has 0 N–H and O–H groups in total. The largest absolute Gasteiger partial charge is 0.439 e. The third-order valence-corrected chi connectivity index (χ3v) is 8.67. The fourth-order valence-electron chi connectivity index (χ4n) is 5.79. The van der Waals surface area contributed by atoms with Gasteiger partial charge < -0.3 is 19.1 Å². The fourth-order valence-corrected chi connectivity index (χ4v) is 5.79. The van der Waals surface area contributed by atoms with Crippen LogP contribution in [0.1, 0.15) is 37.5 Å². The van der Waals surface area contributed by atoms with E-state index in [2.05, 4.69) is 9.88 Å². The Morgan fingerprint density at radius 1 is 0.800 bits per heavy atom. The molecule has 0 bridgehead atoms. The van der Waals surface area contributed by atoms with E-state index in [0.29, 0.717) is 49.9 Å². The Morgan fingerprint density at radius 2 is 1.42 bits per heavy atom. The van der Waals surface area contributed by atoms with E-state index in [0.717, 1.165) is 52.9 Å². The molecule has 5 aromatic rings. The summed E-state index contributed by atoms with van der Waals surface area (Å²) in [4.78, 5) is 35.8. The first-order valence-corrected chi connectivity index (χ1v) is 15.5. The Bertz CT molecular complexity index is 2000. The smallest absolute Gasteiger partial charge is 0.416 e. The number of aromatic nitrogens is 2. The highest BCUT2D eigenvalue weighted by molar-refractivity contribution is 6.05. The molecule has 3 heterocycles. The Morgan fingerprint density at radius 3 is 2.00 bits per heavy atom. The number of nitrogens with zero attached hydrogens (tertiary/aromatic N) is 5. The molecule has 0 saturated carbocycles. The molecule has 0 spiro atoms. The van der Waals surface area contributed by atoms with Crippen LogP contribution in [0.2, 0.25) is 0 Å². The first kappa shape index (κ1) is 34.5. The lowest BCUT2D eigenvalue weighted by Gasteiger charge is -2.34. The second-order valence-electron chi connectivity index (χ2n) is 12.0. The fraction of sp³-hybridized carbons (Fsp3) is 0.250. The summed E-state index contributed by atoms with van der Waals surface area (Å²) in [5.41, 5.74) is 1.06. The van der Waals surface area contributed by atoms with Crippen molar-refractivity contribution in [1.29, 1.82) is 0 Å². The van der Waals surface area contributed by atoms with Crippen LogP contribution in [0.4, 0.5) is 32.0 Å². The van der Waals surface area contributed by atoms with Gasteiger partial charge in [0.05, 0.1) is 23.0 Å². The van der Waals surface area contributed by atoms with Gasteiger partial charge in [0.1, 0.15) is 11.4 Å². The first-order chi connectivity index (χ1) is 23.7.